The van der Waals surface area contributed by atoms with Gasteiger partial charge in [-0.05, 0) is 13.8 Å². The Morgan fingerprint density at radius 3 is 1.47 bits per heavy atom. The summed E-state index contributed by atoms with van der Waals surface area (Å²) in [5, 5.41) is -3.34. The fourth-order valence-electron chi connectivity index (χ4n) is 1.14. The summed E-state index contributed by atoms with van der Waals surface area (Å²) in [6.45, 7) is 0.969. The van der Waals surface area contributed by atoms with E-state index in [2.05, 4.69) is 9.47 Å². The normalized spacial score (nSPS) is 16.1. The maximum atomic E-state index is 12.7. The summed E-state index contributed by atoms with van der Waals surface area (Å²) >= 11 is 4.83. The number of hydrogen-bond donors (Lipinski definition) is 0. The minimum atomic E-state index is -5.40. The van der Waals surface area contributed by atoms with Gasteiger partial charge in [0.25, 0.3) is 5.79 Å². The smallest absolute Gasteiger partial charge is 0.341 e. The van der Waals surface area contributed by atoms with Gasteiger partial charge >= 0.3 is 12.4 Å². The Morgan fingerprint density at radius 2 is 1.29 bits per heavy atom. The van der Waals surface area contributed by atoms with Gasteiger partial charge in [0.15, 0.2) is 5.38 Å². The van der Waals surface area contributed by atoms with E-state index in [1.165, 1.54) is 0 Å². The van der Waals surface area contributed by atoms with Crippen molar-refractivity contribution in [3.8, 4) is 0 Å². The molecule has 0 aromatic heterocycles. The number of rotatable bonds is 5. The van der Waals surface area contributed by atoms with Gasteiger partial charge in [-0.25, -0.2) is 0 Å². The Labute approximate surface area is 98.8 Å². The minimum absolute atomic E-state index is 0.626. The lowest BCUT2D eigenvalue weighted by atomic mass is 10.1. The summed E-state index contributed by atoms with van der Waals surface area (Å²) in [6, 6.07) is 0. The van der Waals surface area contributed by atoms with Crippen molar-refractivity contribution >= 4 is 11.6 Å². The van der Waals surface area contributed by atoms with E-state index in [-0.39, 0.29) is 0 Å². The molecule has 104 valence electrons. The molecular formula is C8H11ClF6O2. The van der Waals surface area contributed by atoms with Crippen molar-refractivity contribution in [2.45, 2.75) is 37.4 Å². The van der Waals surface area contributed by atoms with Gasteiger partial charge in [-0.15, -0.1) is 11.6 Å². The van der Waals surface area contributed by atoms with Gasteiger partial charge in [-0.2, -0.15) is 26.3 Å². The van der Waals surface area contributed by atoms with Crippen LogP contribution in [0.1, 0.15) is 13.8 Å². The van der Waals surface area contributed by atoms with Crippen LogP contribution in [0.15, 0.2) is 0 Å². The van der Waals surface area contributed by atoms with Gasteiger partial charge < -0.3 is 9.47 Å². The molecule has 0 heterocycles. The van der Waals surface area contributed by atoms with Crippen LogP contribution in [0, 0.1) is 0 Å². The molecule has 1 atom stereocenters. The molecule has 17 heavy (non-hydrogen) atoms. The first-order valence-corrected chi connectivity index (χ1v) is 5.02. The van der Waals surface area contributed by atoms with Crippen LogP contribution < -0.4 is 0 Å². The highest BCUT2D eigenvalue weighted by Crippen LogP contribution is 2.45. The van der Waals surface area contributed by atoms with Gasteiger partial charge in [0.2, 0.25) is 0 Å². The van der Waals surface area contributed by atoms with Crippen molar-refractivity contribution in [1.82, 2.24) is 0 Å². The van der Waals surface area contributed by atoms with Crippen LogP contribution in [0.5, 0.6) is 0 Å². The van der Waals surface area contributed by atoms with Gasteiger partial charge in [0, 0.05) is 13.2 Å². The first-order valence-electron chi connectivity index (χ1n) is 4.58. The fourth-order valence-corrected chi connectivity index (χ4v) is 1.39. The Morgan fingerprint density at radius 1 is 0.941 bits per heavy atom. The van der Waals surface area contributed by atoms with Crippen LogP contribution in [-0.2, 0) is 9.47 Å². The predicted molar refractivity (Wildman–Crippen MR) is 47.7 cm³/mol. The summed E-state index contributed by atoms with van der Waals surface area (Å²) in [4.78, 5) is 0. The van der Waals surface area contributed by atoms with Crippen molar-refractivity contribution in [3.05, 3.63) is 0 Å². The van der Waals surface area contributed by atoms with Crippen LogP contribution in [0.25, 0.3) is 0 Å². The molecule has 0 aliphatic rings. The van der Waals surface area contributed by atoms with Crippen LogP contribution in [0.3, 0.4) is 0 Å². The van der Waals surface area contributed by atoms with Gasteiger partial charge in [-0.3, -0.25) is 0 Å². The van der Waals surface area contributed by atoms with Gasteiger partial charge in [0.05, 0.1) is 0 Å². The maximum absolute atomic E-state index is 12.7. The highest BCUT2D eigenvalue weighted by Gasteiger charge is 2.69. The highest BCUT2D eigenvalue weighted by atomic mass is 35.5. The third kappa shape index (κ3) is 3.62. The highest BCUT2D eigenvalue weighted by molar-refractivity contribution is 6.22. The lowest BCUT2D eigenvalue weighted by Gasteiger charge is -2.38. The van der Waals surface area contributed by atoms with E-state index in [9.17, 15) is 26.3 Å². The molecule has 0 aromatic rings. The second-order valence-electron chi connectivity index (χ2n) is 2.94. The summed E-state index contributed by atoms with van der Waals surface area (Å²) in [7, 11) is 0. The SMILES string of the molecule is CCOC(OCC)(C(Cl)C(F)(F)F)C(F)(F)F. The molecule has 0 aliphatic carbocycles. The van der Waals surface area contributed by atoms with Crippen molar-refractivity contribution in [1.29, 1.82) is 0 Å². The Bertz CT molecular complexity index is 233. The molecule has 0 saturated heterocycles. The monoisotopic (exact) mass is 288 g/mol. The standard InChI is InChI=1S/C8H11ClF6O2/c1-3-16-6(17-4-2,8(13,14)15)5(9)7(10,11)12/h5H,3-4H2,1-2H3. The molecule has 0 fully saturated rings. The second kappa shape index (κ2) is 5.62. The van der Waals surface area contributed by atoms with Crippen molar-refractivity contribution < 1.29 is 35.8 Å². The lowest BCUT2D eigenvalue weighted by Crippen LogP contribution is -2.61. The zero-order valence-electron chi connectivity index (χ0n) is 8.95. The summed E-state index contributed by atoms with van der Waals surface area (Å²) in [6.07, 6.45) is -10.7. The number of ether oxygens (including phenoxy) is 2. The maximum Gasteiger partial charge on any atom is 0.445 e. The van der Waals surface area contributed by atoms with E-state index in [0.717, 1.165) is 13.8 Å². The average Bonchev–Trinajstić information content (AvgIpc) is 2.12. The van der Waals surface area contributed by atoms with E-state index < -0.39 is 36.7 Å². The molecule has 0 rings (SSSR count). The Balaban J connectivity index is 5.47. The van der Waals surface area contributed by atoms with Crippen LogP contribution in [0.4, 0.5) is 26.3 Å². The van der Waals surface area contributed by atoms with Crippen molar-refractivity contribution in [2.24, 2.45) is 0 Å². The molecule has 0 aliphatic heterocycles. The molecule has 0 radical (unpaired) electrons. The second-order valence-corrected chi connectivity index (χ2v) is 3.37. The van der Waals surface area contributed by atoms with E-state index in [4.69, 9.17) is 11.6 Å². The molecule has 1 unspecified atom stereocenters. The van der Waals surface area contributed by atoms with Crippen LogP contribution in [-0.4, -0.2) is 36.7 Å². The fraction of sp³-hybridized carbons (Fsp3) is 1.00. The van der Waals surface area contributed by atoms with E-state index >= 15 is 0 Å². The molecule has 9 heteroatoms. The van der Waals surface area contributed by atoms with E-state index in [1.54, 1.807) is 0 Å². The number of hydrogen-bond acceptors (Lipinski definition) is 2. The molecule has 0 bridgehead atoms. The summed E-state index contributed by atoms with van der Waals surface area (Å²) < 4.78 is 83.3. The predicted octanol–water partition coefficient (Wildman–Crippen LogP) is 3.49. The molecule has 0 amide bonds. The van der Waals surface area contributed by atoms with Gasteiger partial charge in [0.1, 0.15) is 0 Å². The Hall–Kier alpha value is -0.210. The third-order valence-corrected chi connectivity index (χ3v) is 2.27. The quantitative estimate of drug-likeness (QED) is 0.438. The van der Waals surface area contributed by atoms with Crippen molar-refractivity contribution in [3.63, 3.8) is 0 Å². The first-order chi connectivity index (χ1) is 7.53. The van der Waals surface area contributed by atoms with E-state index in [1.807, 2.05) is 0 Å². The molecular weight excluding hydrogens is 278 g/mol. The van der Waals surface area contributed by atoms with Crippen LogP contribution >= 0.6 is 11.6 Å². The van der Waals surface area contributed by atoms with Crippen LogP contribution in [0.2, 0.25) is 0 Å². The van der Waals surface area contributed by atoms with Crippen molar-refractivity contribution in [2.75, 3.05) is 13.2 Å². The number of alkyl halides is 7. The topological polar surface area (TPSA) is 18.5 Å². The number of halogens is 7. The minimum Gasteiger partial charge on any atom is -0.341 e. The van der Waals surface area contributed by atoms with E-state index in [0.29, 0.717) is 0 Å². The first kappa shape index (κ1) is 16.8. The largest absolute Gasteiger partial charge is 0.445 e. The lowest BCUT2D eigenvalue weighted by molar-refractivity contribution is -0.398. The Kier molecular flexibility index (Phi) is 5.55. The zero-order chi connectivity index (χ0) is 13.9. The summed E-state index contributed by atoms with van der Waals surface area (Å²) in [5.41, 5.74) is 0. The summed E-state index contributed by atoms with van der Waals surface area (Å²) in [5.74, 6) is -3.88. The molecule has 0 aromatic carbocycles. The average molecular weight is 289 g/mol. The molecule has 2 nitrogen and oxygen atoms in total. The molecule has 0 N–H and O–H groups in total. The van der Waals surface area contributed by atoms with Gasteiger partial charge in [-0.1, -0.05) is 0 Å². The zero-order valence-corrected chi connectivity index (χ0v) is 9.71. The third-order valence-electron chi connectivity index (χ3n) is 1.73. The molecule has 0 saturated carbocycles. The molecule has 0 spiro atoms.